The highest BCUT2D eigenvalue weighted by atomic mass is 35.5. The molecule has 2 aromatic rings. The van der Waals surface area contributed by atoms with Gasteiger partial charge >= 0.3 is 6.03 Å². The summed E-state index contributed by atoms with van der Waals surface area (Å²) < 4.78 is 0. The highest BCUT2D eigenvalue weighted by molar-refractivity contribution is 6.42. The Balaban J connectivity index is 1.52. The van der Waals surface area contributed by atoms with Crippen LogP contribution in [0.15, 0.2) is 42.5 Å². The van der Waals surface area contributed by atoms with Gasteiger partial charge in [0.05, 0.1) is 22.6 Å². The summed E-state index contributed by atoms with van der Waals surface area (Å²) in [5.74, 6) is -0.132. The topological polar surface area (TPSA) is 61.4 Å². The first-order chi connectivity index (χ1) is 12.5. The summed E-state index contributed by atoms with van der Waals surface area (Å²) in [7, 11) is 0. The first-order valence-electron chi connectivity index (χ1n) is 8.33. The van der Waals surface area contributed by atoms with E-state index in [0.717, 1.165) is 23.2 Å². The van der Waals surface area contributed by atoms with E-state index >= 15 is 0 Å². The third-order valence-electron chi connectivity index (χ3n) is 4.38. The zero-order chi connectivity index (χ0) is 18.7. The Labute approximate surface area is 162 Å². The first kappa shape index (κ1) is 18.5. The van der Waals surface area contributed by atoms with E-state index in [0.29, 0.717) is 16.6 Å². The smallest absolute Gasteiger partial charge is 0.315 e. The van der Waals surface area contributed by atoms with Gasteiger partial charge in [-0.15, -0.1) is 0 Å². The Hall–Kier alpha value is -2.24. The maximum atomic E-state index is 12.4. The Bertz CT molecular complexity index is 841. The van der Waals surface area contributed by atoms with Gasteiger partial charge < -0.3 is 15.5 Å². The molecule has 1 aliphatic heterocycles. The minimum atomic E-state index is -0.413. The van der Waals surface area contributed by atoms with Gasteiger partial charge in [0.1, 0.15) is 0 Å². The highest BCUT2D eigenvalue weighted by Gasteiger charge is 2.24. The van der Waals surface area contributed by atoms with Crippen molar-refractivity contribution in [2.24, 2.45) is 0 Å². The van der Waals surface area contributed by atoms with E-state index in [-0.39, 0.29) is 18.5 Å². The first-order valence-corrected chi connectivity index (χ1v) is 9.09. The molecule has 26 heavy (non-hydrogen) atoms. The molecule has 3 amide bonds. The Morgan fingerprint density at radius 3 is 2.69 bits per heavy atom. The molecular weight excluding hydrogens is 373 g/mol. The van der Waals surface area contributed by atoms with E-state index in [1.807, 2.05) is 31.2 Å². The van der Waals surface area contributed by atoms with Crippen LogP contribution in [0.2, 0.25) is 10.0 Å². The lowest BCUT2D eigenvalue weighted by molar-refractivity contribution is -0.117. The van der Waals surface area contributed by atoms with Crippen LogP contribution in [-0.4, -0.2) is 25.0 Å². The van der Waals surface area contributed by atoms with E-state index in [9.17, 15) is 9.59 Å². The molecule has 5 nitrogen and oxygen atoms in total. The lowest BCUT2D eigenvalue weighted by Gasteiger charge is -2.19. The van der Waals surface area contributed by atoms with Crippen molar-refractivity contribution >= 4 is 40.8 Å². The van der Waals surface area contributed by atoms with Gasteiger partial charge in [-0.2, -0.15) is 0 Å². The van der Waals surface area contributed by atoms with Crippen molar-refractivity contribution in [1.29, 1.82) is 0 Å². The number of nitrogens with zero attached hydrogens (tertiary/aromatic N) is 1. The number of amides is 3. The van der Waals surface area contributed by atoms with Crippen LogP contribution in [0.1, 0.15) is 24.1 Å². The summed E-state index contributed by atoms with van der Waals surface area (Å²) in [6.45, 7) is 2.41. The average molecular weight is 392 g/mol. The van der Waals surface area contributed by atoms with Gasteiger partial charge in [0.2, 0.25) is 5.91 Å². The lowest BCUT2D eigenvalue weighted by Crippen LogP contribution is -2.44. The Morgan fingerprint density at radius 2 is 1.92 bits per heavy atom. The molecule has 7 heteroatoms. The van der Waals surface area contributed by atoms with Gasteiger partial charge in [-0.3, -0.25) is 4.79 Å². The summed E-state index contributed by atoms with van der Waals surface area (Å²) in [4.78, 5) is 26.2. The number of carbonyl (C=O) groups is 2. The van der Waals surface area contributed by atoms with E-state index in [1.165, 1.54) is 0 Å². The van der Waals surface area contributed by atoms with Crippen LogP contribution in [-0.2, 0) is 11.2 Å². The molecule has 2 N–H and O–H groups in total. The predicted molar refractivity (Wildman–Crippen MR) is 104 cm³/mol. The van der Waals surface area contributed by atoms with Crippen LogP contribution in [0, 0.1) is 0 Å². The van der Waals surface area contributed by atoms with Gasteiger partial charge in [-0.1, -0.05) is 47.5 Å². The average Bonchev–Trinajstić information content (AvgIpc) is 3.06. The third kappa shape index (κ3) is 4.11. The second-order valence-electron chi connectivity index (χ2n) is 6.15. The van der Waals surface area contributed by atoms with Gasteiger partial charge in [-0.05, 0) is 42.7 Å². The molecule has 0 fully saturated rings. The van der Waals surface area contributed by atoms with E-state index < -0.39 is 6.03 Å². The molecule has 0 aromatic heterocycles. The standard InChI is InChI=1S/C19H19Cl2N3O2/c1-12(14-6-7-15(20)16(21)10-14)23-19(26)22-11-18(25)24-9-8-13-4-2-3-5-17(13)24/h2-7,10,12H,8-9,11H2,1H3,(H2,22,23,26). The number of rotatable bonds is 4. The predicted octanol–water partition coefficient (Wildman–Crippen LogP) is 3.94. The molecule has 1 unspecified atom stereocenters. The van der Waals surface area contributed by atoms with E-state index in [1.54, 1.807) is 23.1 Å². The van der Waals surface area contributed by atoms with Crippen molar-refractivity contribution in [3.63, 3.8) is 0 Å². The van der Waals surface area contributed by atoms with Gasteiger partial charge in [0.25, 0.3) is 0 Å². The van der Waals surface area contributed by atoms with Crippen LogP contribution in [0.5, 0.6) is 0 Å². The SMILES string of the molecule is CC(NC(=O)NCC(=O)N1CCc2ccccc21)c1ccc(Cl)c(Cl)c1. The summed E-state index contributed by atoms with van der Waals surface area (Å²) in [6, 6.07) is 12.3. The summed E-state index contributed by atoms with van der Waals surface area (Å²) >= 11 is 11.9. The van der Waals surface area contributed by atoms with Crippen molar-refractivity contribution in [2.45, 2.75) is 19.4 Å². The van der Waals surface area contributed by atoms with Gasteiger partial charge in [0, 0.05) is 12.2 Å². The van der Waals surface area contributed by atoms with E-state index in [4.69, 9.17) is 23.2 Å². The number of benzene rings is 2. The lowest BCUT2D eigenvalue weighted by atomic mass is 10.1. The number of para-hydroxylation sites is 1. The van der Waals surface area contributed by atoms with Crippen molar-refractivity contribution in [1.82, 2.24) is 10.6 Å². The monoisotopic (exact) mass is 391 g/mol. The van der Waals surface area contributed by atoms with Crippen LogP contribution in [0.4, 0.5) is 10.5 Å². The maximum absolute atomic E-state index is 12.4. The molecule has 0 saturated heterocycles. The van der Waals surface area contributed by atoms with Crippen LogP contribution >= 0.6 is 23.2 Å². The molecule has 1 atom stereocenters. The molecule has 0 radical (unpaired) electrons. The van der Waals surface area contributed by atoms with Gasteiger partial charge in [-0.25, -0.2) is 4.79 Å². The van der Waals surface area contributed by atoms with Crippen LogP contribution < -0.4 is 15.5 Å². The molecule has 1 aliphatic rings. The minimum Gasteiger partial charge on any atom is -0.332 e. The van der Waals surface area contributed by atoms with Crippen molar-refractivity contribution in [2.75, 3.05) is 18.0 Å². The van der Waals surface area contributed by atoms with Gasteiger partial charge in [0.15, 0.2) is 0 Å². The number of fused-ring (bicyclic) bond motifs is 1. The second-order valence-corrected chi connectivity index (χ2v) is 6.96. The van der Waals surface area contributed by atoms with E-state index in [2.05, 4.69) is 10.6 Å². The number of halogens is 2. The fourth-order valence-electron chi connectivity index (χ4n) is 2.96. The molecule has 136 valence electrons. The minimum absolute atomic E-state index is 0.0612. The van der Waals surface area contributed by atoms with Crippen molar-refractivity contribution in [3.8, 4) is 0 Å². The molecule has 0 bridgehead atoms. The quantitative estimate of drug-likeness (QED) is 0.828. The Morgan fingerprint density at radius 1 is 1.15 bits per heavy atom. The van der Waals surface area contributed by atoms with Crippen molar-refractivity contribution < 1.29 is 9.59 Å². The number of carbonyl (C=O) groups excluding carboxylic acids is 2. The molecule has 2 aromatic carbocycles. The van der Waals surface area contributed by atoms with Crippen LogP contribution in [0.3, 0.4) is 0 Å². The highest BCUT2D eigenvalue weighted by Crippen LogP contribution is 2.27. The molecular formula is C19H19Cl2N3O2. The Kier molecular flexibility index (Phi) is 5.69. The van der Waals surface area contributed by atoms with Crippen LogP contribution in [0.25, 0.3) is 0 Å². The number of hydrogen-bond acceptors (Lipinski definition) is 2. The molecule has 0 aliphatic carbocycles. The molecule has 1 heterocycles. The number of urea groups is 1. The summed E-state index contributed by atoms with van der Waals surface area (Å²) in [5, 5.41) is 6.30. The second kappa shape index (κ2) is 7.98. The molecule has 0 saturated carbocycles. The number of hydrogen-bond donors (Lipinski definition) is 2. The summed E-state index contributed by atoms with van der Waals surface area (Å²) in [6.07, 6.45) is 0.836. The molecule has 0 spiro atoms. The number of anilines is 1. The van der Waals surface area contributed by atoms with Crippen molar-refractivity contribution in [3.05, 3.63) is 63.6 Å². The zero-order valence-electron chi connectivity index (χ0n) is 14.3. The number of nitrogens with one attached hydrogen (secondary N) is 2. The largest absolute Gasteiger partial charge is 0.332 e. The fraction of sp³-hybridized carbons (Fsp3) is 0.263. The molecule has 3 rings (SSSR count). The fourth-order valence-corrected chi connectivity index (χ4v) is 3.27. The normalized spacial score (nSPS) is 13.9. The maximum Gasteiger partial charge on any atom is 0.315 e. The third-order valence-corrected chi connectivity index (χ3v) is 5.12. The summed E-state index contributed by atoms with van der Waals surface area (Å²) in [5.41, 5.74) is 2.90. The zero-order valence-corrected chi connectivity index (χ0v) is 15.8.